The highest BCUT2D eigenvalue weighted by Crippen LogP contribution is 2.33. The van der Waals surface area contributed by atoms with Crippen LogP contribution in [0.1, 0.15) is 17.0 Å². The van der Waals surface area contributed by atoms with Crippen molar-refractivity contribution in [2.24, 2.45) is 0 Å². The maximum atomic E-state index is 13.0. The number of imidazole rings is 1. The van der Waals surface area contributed by atoms with Crippen molar-refractivity contribution in [3.63, 3.8) is 0 Å². The number of rotatable bonds is 6. The molecule has 4 rings (SSSR count). The third-order valence-corrected chi connectivity index (χ3v) is 5.75. The van der Waals surface area contributed by atoms with Gasteiger partial charge in [0.1, 0.15) is 5.52 Å². The standard InChI is InChI=1S/C18H14BrClN4O2S.ClH/c19-15-6-5-13(26-15)17(25)24(9-2-8-23-10-7-21-11-23)18-22-16-12(20)3-1-4-14(16)27-18;/h1,3-7,10-11H,2,8-9H2;1H. The SMILES string of the molecule is Cl.O=C(c1ccc(Br)o1)N(CCCn1ccnc1)c1nc2c(Cl)cccc2s1. The lowest BCUT2D eigenvalue weighted by atomic mass is 10.3. The van der Waals surface area contributed by atoms with Crippen LogP contribution in [0, 0.1) is 0 Å². The Bertz CT molecular complexity index is 1080. The number of fused-ring (bicyclic) bond motifs is 1. The summed E-state index contributed by atoms with van der Waals surface area (Å²) in [4.78, 5) is 23.3. The first kappa shape index (κ1) is 20.9. The summed E-state index contributed by atoms with van der Waals surface area (Å²) in [7, 11) is 0. The summed E-state index contributed by atoms with van der Waals surface area (Å²) in [5.41, 5.74) is 0.701. The minimum absolute atomic E-state index is 0. The molecule has 0 N–H and O–H groups in total. The average molecular weight is 502 g/mol. The molecule has 0 radical (unpaired) electrons. The molecule has 1 amide bonds. The molecule has 0 saturated heterocycles. The van der Waals surface area contributed by atoms with Gasteiger partial charge in [0, 0.05) is 25.5 Å². The molecular formula is C18H15BrCl2N4O2S. The van der Waals surface area contributed by atoms with Crippen molar-refractivity contribution in [1.29, 1.82) is 0 Å². The van der Waals surface area contributed by atoms with Crippen LogP contribution in [-0.4, -0.2) is 27.0 Å². The van der Waals surface area contributed by atoms with E-state index in [9.17, 15) is 4.79 Å². The van der Waals surface area contributed by atoms with E-state index in [1.165, 1.54) is 11.3 Å². The number of amides is 1. The van der Waals surface area contributed by atoms with Crippen LogP contribution in [0.25, 0.3) is 10.2 Å². The molecule has 0 aliphatic carbocycles. The Morgan fingerprint density at radius 2 is 2.18 bits per heavy atom. The molecule has 0 fully saturated rings. The van der Waals surface area contributed by atoms with Gasteiger partial charge in [-0.05, 0) is 46.6 Å². The fourth-order valence-electron chi connectivity index (χ4n) is 2.70. The molecule has 0 aliphatic heterocycles. The van der Waals surface area contributed by atoms with E-state index in [1.807, 2.05) is 22.9 Å². The van der Waals surface area contributed by atoms with E-state index in [1.54, 1.807) is 35.6 Å². The predicted molar refractivity (Wildman–Crippen MR) is 117 cm³/mol. The molecule has 0 spiro atoms. The highest BCUT2D eigenvalue weighted by molar-refractivity contribution is 9.10. The highest BCUT2D eigenvalue weighted by Gasteiger charge is 2.24. The summed E-state index contributed by atoms with van der Waals surface area (Å²) in [5.74, 6) is 0.0244. The number of benzene rings is 1. The van der Waals surface area contributed by atoms with Gasteiger partial charge in [-0.3, -0.25) is 9.69 Å². The van der Waals surface area contributed by atoms with Gasteiger partial charge in [0.05, 0.1) is 16.0 Å². The van der Waals surface area contributed by atoms with Crippen molar-refractivity contribution in [1.82, 2.24) is 14.5 Å². The molecule has 1 aromatic carbocycles. The molecule has 146 valence electrons. The van der Waals surface area contributed by atoms with Crippen molar-refractivity contribution >= 4 is 72.5 Å². The second-order valence-corrected chi connectivity index (χ2v) is 8.00. The number of thiazole rings is 1. The van der Waals surface area contributed by atoms with Gasteiger partial charge in [0.2, 0.25) is 0 Å². The van der Waals surface area contributed by atoms with E-state index >= 15 is 0 Å². The van der Waals surface area contributed by atoms with Gasteiger partial charge in [-0.15, -0.1) is 12.4 Å². The van der Waals surface area contributed by atoms with Crippen molar-refractivity contribution in [3.05, 3.63) is 64.5 Å². The van der Waals surface area contributed by atoms with Gasteiger partial charge >= 0.3 is 0 Å². The zero-order valence-corrected chi connectivity index (χ0v) is 18.4. The van der Waals surface area contributed by atoms with Gasteiger partial charge in [-0.25, -0.2) is 9.97 Å². The Kier molecular flexibility index (Phi) is 6.77. The summed E-state index contributed by atoms with van der Waals surface area (Å²) < 4.78 is 8.88. The Labute approximate surface area is 184 Å². The Balaban J connectivity index is 0.00000225. The van der Waals surface area contributed by atoms with E-state index < -0.39 is 0 Å². The number of para-hydroxylation sites is 1. The second-order valence-electron chi connectivity index (χ2n) is 5.80. The molecule has 0 atom stereocenters. The smallest absolute Gasteiger partial charge is 0.295 e. The molecule has 10 heteroatoms. The van der Waals surface area contributed by atoms with E-state index in [4.69, 9.17) is 16.0 Å². The van der Waals surface area contributed by atoms with Crippen LogP contribution in [0.2, 0.25) is 5.02 Å². The first-order valence-electron chi connectivity index (χ1n) is 8.20. The topological polar surface area (TPSA) is 64.2 Å². The van der Waals surface area contributed by atoms with E-state index in [2.05, 4.69) is 25.9 Å². The number of aromatic nitrogens is 3. The summed E-state index contributed by atoms with van der Waals surface area (Å²) in [6, 6.07) is 8.96. The van der Waals surface area contributed by atoms with Gasteiger partial charge in [0.25, 0.3) is 5.91 Å². The molecule has 4 aromatic rings. The number of carbonyl (C=O) groups excluding carboxylic acids is 1. The number of aryl methyl sites for hydroxylation is 1. The minimum atomic E-state index is -0.235. The number of nitrogens with zero attached hydrogens (tertiary/aromatic N) is 4. The monoisotopic (exact) mass is 500 g/mol. The average Bonchev–Trinajstić information content (AvgIpc) is 3.39. The highest BCUT2D eigenvalue weighted by atomic mass is 79.9. The van der Waals surface area contributed by atoms with Crippen LogP contribution < -0.4 is 4.90 Å². The van der Waals surface area contributed by atoms with Crippen molar-refractivity contribution in [2.75, 3.05) is 11.4 Å². The third-order valence-electron chi connectivity index (χ3n) is 3.98. The molecule has 6 nitrogen and oxygen atoms in total. The first-order valence-corrected chi connectivity index (χ1v) is 10.2. The zero-order chi connectivity index (χ0) is 18.8. The Morgan fingerprint density at radius 3 is 2.86 bits per heavy atom. The number of hydrogen-bond donors (Lipinski definition) is 0. The maximum absolute atomic E-state index is 13.0. The summed E-state index contributed by atoms with van der Waals surface area (Å²) in [5, 5.41) is 1.17. The van der Waals surface area contributed by atoms with Crippen LogP contribution in [0.4, 0.5) is 5.13 Å². The Morgan fingerprint density at radius 1 is 1.32 bits per heavy atom. The van der Waals surface area contributed by atoms with E-state index in [0.717, 1.165) is 17.7 Å². The van der Waals surface area contributed by atoms with Gasteiger partial charge in [-0.2, -0.15) is 0 Å². The molecule has 3 heterocycles. The summed E-state index contributed by atoms with van der Waals surface area (Å²) in [6.45, 7) is 1.24. The molecule has 28 heavy (non-hydrogen) atoms. The predicted octanol–water partition coefficient (Wildman–Crippen LogP) is 5.66. The van der Waals surface area contributed by atoms with E-state index in [-0.39, 0.29) is 24.1 Å². The first-order chi connectivity index (χ1) is 13.1. The van der Waals surface area contributed by atoms with Crippen LogP contribution in [0.5, 0.6) is 0 Å². The van der Waals surface area contributed by atoms with Crippen LogP contribution in [0.15, 0.2) is 58.1 Å². The van der Waals surface area contributed by atoms with Gasteiger partial charge in [0.15, 0.2) is 15.6 Å². The lowest BCUT2D eigenvalue weighted by Crippen LogP contribution is -2.32. The maximum Gasteiger partial charge on any atom is 0.295 e. The number of furan rings is 1. The lowest BCUT2D eigenvalue weighted by Gasteiger charge is -2.18. The van der Waals surface area contributed by atoms with Crippen molar-refractivity contribution < 1.29 is 9.21 Å². The van der Waals surface area contributed by atoms with Crippen LogP contribution >= 0.6 is 51.3 Å². The van der Waals surface area contributed by atoms with Crippen LogP contribution in [-0.2, 0) is 6.54 Å². The van der Waals surface area contributed by atoms with Gasteiger partial charge < -0.3 is 8.98 Å². The quantitative estimate of drug-likeness (QED) is 0.342. The zero-order valence-electron chi connectivity index (χ0n) is 14.4. The molecule has 0 aliphatic rings. The fraction of sp³-hybridized carbons (Fsp3) is 0.167. The number of anilines is 1. The summed E-state index contributed by atoms with van der Waals surface area (Å²) >= 11 is 10.9. The molecular weight excluding hydrogens is 487 g/mol. The normalized spacial score (nSPS) is 10.8. The van der Waals surface area contributed by atoms with Crippen molar-refractivity contribution in [3.8, 4) is 0 Å². The Hall–Kier alpha value is -1.87. The van der Waals surface area contributed by atoms with Crippen LogP contribution in [0.3, 0.4) is 0 Å². The molecule has 3 aromatic heterocycles. The number of halogens is 3. The van der Waals surface area contributed by atoms with Crippen molar-refractivity contribution in [2.45, 2.75) is 13.0 Å². The van der Waals surface area contributed by atoms with Gasteiger partial charge in [-0.1, -0.05) is 29.0 Å². The van der Waals surface area contributed by atoms with E-state index in [0.29, 0.717) is 26.9 Å². The number of hydrogen-bond acceptors (Lipinski definition) is 5. The fourth-order valence-corrected chi connectivity index (χ4v) is 4.29. The lowest BCUT2D eigenvalue weighted by molar-refractivity contribution is 0.0958. The largest absolute Gasteiger partial charge is 0.444 e. The summed E-state index contributed by atoms with van der Waals surface area (Å²) in [6.07, 6.45) is 6.13. The minimum Gasteiger partial charge on any atom is -0.444 e. The third kappa shape index (κ3) is 4.41. The molecule has 0 saturated carbocycles. The second kappa shape index (κ2) is 9.09. The molecule has 0 unspecified atom stereocenters. The molecule has 0 bridgehead atoms. The number of carbonyl (C=O) groups is 1.